The lowest BCUT2D eigenvalue weighted by molar-refractivity contribution is -0.0422. The molecule has 0 heterocycles. The number of hydrogen-bond acceptors (Lipinski definition) is 4. The van der Waals surface area contributed by atoms with Crippen LogP contribution in [0.4, 0.5) is 4.79 Å². The summed E-state index contributed by atoms with van der Waals surface area (Å²) >= 11 is 2.27. The van der Waals surface area contributed by atoms with Crippen LogP contribution in [-0.4, -0.2) is 48.1 Å². The molecule has 0 saturated heterocycles. The summed E-state index contributed by atoms with van der Waals surface area (Å²) in [7, 11) is 0. The Bertz CT molecular complexity index is 328. The molecule has 1 saturated carbocycles. The Morgan fingerprint density at radius 1 is 1.24 bits per heavy atom. The van der Waals surface area contributed by atoms with E-state index in [1.807, 2.05) is 27.7 Å². The van der Waals surface area contributed by atoms with E-state index >= 15 is 0 Å². The maximum absolute atomic E-state index is 11.7. The van der Waals surface area contributed by atoms with Crippen LogP contribution in [0.3, 0.4) is 0 Å². The van der Waals surface area contributed by atoms with Gasteiger partial charge in [-0.2, -0.15) is 0 Å². The van der Waals surface area contributed by atoms with Crippen LogP contribution in [0, 0.1) is 5.92 Å². The first-order valence-electron chi connectivity index (χ1n) is 7.49. The van der Waals surface area contributed by atoms with Gasteiger partial charge in [-0.15, -0.1) is 0 Å². The van der Waals surface area contributed by atoms with Gasteiger partial charge in [0.15, 0.2) is 0 Å². The van der Waals surface area contributed by atoms with E-state index in [1.54, 1.807) is 0 Å². The van der Waals surface area contributed by atoms with E-state index in [2.05, 4.69) is 27.9 Å². The lowest BCUT2D eigenvalue weighted by atomic mass is 10.1. The van der Waals surface area contributed by atoms with Crippen molar-refractivity contribution in [2.75, 3.05) is 30.8 Å². The van der Waals surface area contributed by atoms with Gasteiger partial charge in [0.25, 0.3) is 0 Å². The van der Waals surface area contributed by atoms with Crippen LogP contribution in [0.2, 0.25) is 0 Å². The van der Waals surface area contributed by atoms with Crippen molar-refractivity contribution < 1.29 is 19.0 Å². The number of alkyl carbamates (subject to hydrolysis) is 1. The van der Waals surface area contributed by atoms with Crippen molar-refractivity contribution in [2.45, 2.75) is 51.7 Å². The smallest absolute Gasteiger partial charge is 0.407 e. The molecule has 0 radical (unpaired) electrons. The average molecular weight is 413 g/mol. The molecule has 124 valence electrons. The van der Waals surface area contributed by atoms with E-state index in [0.717, 1.165) is 17.0 Å². The molecular weight excluding hydrogens is 385 g/mol. The van der Waals surface area contributed by atoms with Gasteiger partial charge in [-0.1, -0.05) is 22.6 Å². The lowest BCUT2D eigenvalue weighted by Gasteiger charge is -2.29. The monoisotopic (exact) mass is 413 g/mol. The molecule has 1 aliphatic rings. The van der Waals surface area contributed by atoms with Crippen LogP contribution in [0.15, 0.2) is 0 Å². The molecule has 6 heteroatoms. The fourth-order valence-corrected chi connectivity index (χ4v) is 2.08. The number of rotatable bonds is 9. The average Bonchev–Trinajstić information content (AvgIpc) is 3.18. The van der Waals surface area contributed by atoms with Crippen molar-refractivity contribution >= 4 is 28.7 Å². The number of nitrogens with one attached hydrogen (secondary N) is 1. The molecule has 5 nitrogen and oxygen atoms in total. The number of halogens is 1. The van der Waals surface area contributed by atoms with Gasteiger partial charge in [0.1, 0.15) is 5.60 Å². The molecule has 0 aromatic rings. The van der Waals surface area contributed by atoms with Gasteiger partial charge in [-0.25, -0.2) is 4.79 Å². The second-order valence-corrected chi connectivity index (χ2v) is 7.57. The summed E-state index contributed by atoms with van der Waals surface area (Å²) in [6, 6.07) is 0. The fraction of sp³-hybridized carbons (Fsp3) is 0.933. The Kier molecular flexibility index (Phi) is 7.70. The van der Waals surface area contributed by atoms with Crippen molar-refractivity contribution in [1.29, 1.82) is 0 Å². The maximum atomic E-state index is 11.7. The van der Waals surface area contributed by atoms with E-state index in [0.29, 0.717) is 19.8 Å². The van der Waals surface area contributed by atoms with Gasteiger partial charge >= 0.3 is 6.09 Å². The van der Waals surface area contributed by atoms with E-state index in [-0.39, 0.29) is 0 Å². The third-order valence-electron chi connectivity index (χ3n) is 3.02. The molecule has 0 aromatic heterocycles. The van der Waals surface area contributed by atoms with E-state index in [9.17, 15) is 4.79 Å². The number of carbonyl (C=O) groups excluding carboxylic acids is 1. The molecule has 1 N–H and O–H groups in total. The molecule has 0 spiro atoms. The third-order valence-corrected chi connectivity index (χ3v) is 4.63. The predicted octanol–water partition coefficient (Wildman–Crippen LogP) is 3.15. The molecule has 1 aliphatic carbocycles. The minimum atomic E-state index is -0.484. The highest BCUT2D eigenvalue weighted by molar-refractivity contribution is 14.1. The highest BCUT2D eigenvalue weighted by Gasteiger charge is 2.26. The Morgan fingerprint density at radius 3 is 2.43 bits per heavy atom. The van der Waals surface area contributed by atoms with Crippen LogP contribution in [0.5, 0.6) is 0 Å². The van der Waals surface area contributed by atoms with Crippen molar-refractivity contribution in [3.8, 4) is 0 Å². The van der Waals surface area contributed by atoms with Crippen molar-refractivity contribution in [3.05, 3.63) is 0 Å². The second-order valence-electron chi connectivity index (χ2n) is 6.81. The molecule has 0 aromatic carbocycles. The Morgan fingerprint density at radius 2 is 1.90 bits per heavy atom. The predicted molar refractivity (Wildman–Crippen MR) is 91.0 cm³/mol. The normalized spacial score (nSPS) is 18.1. The van der Waals surface area contributed by atoms with Crippen molar-refractivity contribution in [1.82, 2.24) is 5.32 Å². The Balaban J connectivity index is 2.18. The summed E-state index contributed by atoms with van der Waals surface area (Å²) in [4.78, 5) is 11.7. The summed E-state index contributed by atoms with van der Waals surface area (Å²) in [6.07, 6.45) is 2.19. The first-order chi connectivity index (χ1) is 9.74. The molecular formula is C15H28INO4. The second kappa shape index (κ2) is 8.53. The molecule has 1 unspecified atom stereocenters. The fourth-order valence-electron chi connectivity index (χ4n) is 1.59. The highest BCUT2D eigenvalue weighted by Crippen LogP contribution is 2.28. The summed E-state index contributed by atoms with van der Waals surface area (Å²) in [6.45, 7) is 9.94. The van der Waals surface area contributed by atoms with Gasteiger partial charge in [0.05, 0.1) is 25.4 Å². The minimum absolute atomic E-state index is 0.402. The van der Waals surface area contributed by atoms with Gasteiger partial charge in [0.2, 0.25) is 0 Å². The van der Waals surface area contributed by atoms with E-state index in [1.165, 1.54) is 12.8 Å². The largest absolute Gasteiger partial charge is 0.444 e. The number of carbonyl (C=O) groups is 1. The first-order valence-corrected chi connectivity index (χ1v) is 9.01. The zero-order chi connectivity index (χ0) is 15.9. The van der Waals surface area contributed by atoms with Crippen LogP contribution in [0.25, 0.3) is 0 Å². The summed E-state index contributed by atoms with van der Waals surface area (Å²) in [5.74, 6) is 0.773. The third kappa shape index (κ3) is 9.52. The quantitative estimate of drug-likeness (QED) is 0.359. The maximum Gasteiger partial charge on any atom is 0.407 e. The van der Waals surface area contributed by atoms with E-state index < -0.39 is 17.3 Å². The molecule has 1 atom stereocenters. The zero-order valence-electron chi connectivity index (χ0n) is 13.5. The molecule has 0 aliphatic heterocycles. The Labute approximate surface area is 141 Å². The van der Waals surface area contributed by atoms with Crippen LogP contribution in [0.1, 0.15) is 40.5 Å². The van der Waals surface area contributed by atoms with Gasteiger partial charge < -0.3 is 19.5 Å². The standard InChI is InChI=1S/C15H28INO4/c1-14(2,3)21-13(18)17-11-15(4,10-16)20-8-7-19-9-12-5-6-12/h12H,5-11H2,1-4H3,(H,17,18). The number of alkyl halides is 1. The van der Waals surface area contributed by atoms with Crippen LogP contribution in [-0.2, 0) is 14.2 Å². The van der Waals surface area contributed by atoms with Gasteiger partial charge in [-0.3, -0.25) is 0 Å². The summed E-state index contributed by atoms with van der Waals surface area (Å²) in [5, 5.41) is 2.77. The molecule has 21 heavy (non-hydrogen) atoms. The molecule has 1 fully saturated rings. The topological polar surface area (TPSA) is 56.8 Å². The van der Waals surface area contributed by atoms with E-state index in [4.69, 9.17) is 14.2 Å². The molecule has 1 rings (SSSR count). The number of amides is 1. The van der Waals surface area contributed by atoms with Crippen LogP contribution >= 0.6 is 22.6 Å². The number of hydrogen-bond donors (Lipinski definition) is 1. The van der Waals surface area contributed by atoms with Gasteiger partial charge in [0, 0.05) is 11.0 Å². The highest BCUT2D eigenvalue weighted by atomic mass is 127. The first kappa shape index (κ1) is 19.0. The summed E-state index contributed by atoms with van der Waals surface area (Å²) in [5.41, 5.74) is -0.886. The lowest BCUT2D eigenvalue weighted by Crippen LogP contribution is -2.46. The molecule has 1 amide bonds. The Hall–Kier alpha value is -0.0800. The van der Waals surface area contributed by atoms with Crippen LogP contribution < -0.4 is 5.32 Å². The molecule has 0 bridgehead atoms. The number of ether oxygens (including phenoxy) is 3. The summed E-state index contributed by atoms with van der Waals surface area (Å²) < 4.78 is 17.4. The van der Waals surface area contributed by atoms with Crippen molar-refractivity contribution in [2.24, 2.45) is 5.92 Å². The minimum Gasteiger partial charge on any atom is -0.444 e. The zero-order valence-corrected chi connectivity index (χ0v) is 15.7. The van der Waals surface area contributed by atoms with Gasteiger partial charge in [-0.05, 0) is 46.5 Å². The van der Waals surface area contributed by atoms with Crippen molar-refractivity contribution in [3.63, 3.8) is 0 Å². The SMILES string of the molecule is CC(C)(C)OC(=O)NCC(C)(CI)OCCOCC1CC1.